The number of fused-ring (bicyclic) bond motifs is 1. The minimum absolute atomic E-state index is 0.164. The predicted molar refractivity (Wildman–Crippen MR) is 104 cm³/mol. The zero-order valence-corrected chi connectivity index (χ0v) is 16.0. The van der Waals surface area contributed by atoms with E-state index in [-0.39, 0.29) is 18.6 Å². The van der Waals surface area contributed by atoms with Gasteiger partial charge in [-0.2, -0.15) is 0 Å². The highest BCUT2D eigenvalue weighted by Gasteiger charge is 2.56. The number of hydrogen-bond donors (Lipinski definition) is 2. The standard InChI is InChI=1S/C21H22N2O6/c1-26-15-3-5-16(6-4-15)27-11-10-22-19(24)21(8-9-21)20(25)23-14-2-7-17-18(12-14)29-13-28-17/h2-7,12H,8-11,13H2,1H3,(H,22,24)(H,23,25). The lowest BCUT2D eigenvalue weighted by molar-refractivity contribution is -0.134. The molecule has 0 unspecified atom stereocenters. The summed E-state index contributed by atoms with van der Waals surface area (Å²) >= 11 is 0. The molecule has 0 radical (unpaired) electrons. The van der Waals surface area contributed by atoms with Gasteiger partial charge in [0.1, 0.15) is 23.5 Å². The quantitative estimate of drug-likeness (QED) is 0.524. The zero-order chi connectivity index (χ0) is 20.3. The first kappa shape index (κ1) is 18.9. The maximum absolute atomic E-state index is 12.7. The Morgan fingerprint density at radius 2 is 1.72 bits per heavy atom. The van der Waals surface area contributed by atoms with E-state index in [4.69, 9.17) is 18.9 Å². The molecule has 29 heavy (non-hydrogen) atoms. The van der Waals surface area contributed by atoms with Crippen molar-refractivity contribution in [3.63, 3.8) is 0 Å². The Labute approximate surface area is 168 Å². The molecule has 2 N–H and O–H groups in total. The second-order valence-electron chi connectivity index (χ2n) is 6.88. The van der Waals surface area contributed by atoms with Crippen LogP contribution in [0.5, 0.6) is 23.0 Å². The van der Waals surface area contributed by atoms with Crippen LogP contribution < -0.4 is 29.6 Å². The first-order valence-electron chi connectivity index (χ1n) is 9.37. The summed E-state index contributed by atoms with van der Waals surface area (Å²) in [5.41, 5.74) is -0.447. The van der Waals surface area contributed by atoms with Crippen LogP contribution in [0.15, 0.2) is 42.5 Å². The number of rotatable bonds is 8. The van der Waals surface area contributed by atoms with Crippen LogP contribution in [-0.2, 0) is 9.59 Å². The zero-order valence-electron chi connectivity index (χ0n) is 16.0. The highest BCUT2D eigenvalue weighted by molar-refractivity contribution is 6.13. The third-order valence-corrected chi connectivity index (χ3v) is 4.97. The van der Waals surface area contributed by atoms with Crippen molar-refractivity contribution in [3.05, 3.63) is 42.5 Å². The Kier molecular flexibility index (Phi) is 5.16. The number of nitrogens with one attached hydrogen (secondary N) is 2. The van der Waals surface area contributed by atoms with E-state index in [1.807, 2.05) is 0 Å². The maximum atomic E-state index is 12.7. The molecule has 0 saturated heterocycles. The molecule has 0 spiro atoms. The summed E-state index contributed by atoms with van der Waals surface area (Å²) in [4.78, 5) is 25.2. The number of anilines is 1. The molecule has 1 saturated carbocycles. The van der Waals surface area contributed by atoms with Crippen molar-refractivity contribution in [1.82, 2.24) is 5.32 Å². The molecule has 0 aromatic heterocycles. The van der Waals surface area contributed by atoms with E-state index in [9.17, 15) is 9.59 Å². The minimum Gasteiger partial charge on any atom is -0.497 e. The van der Waals surface area contributed by atoms with Gasteiger partial charge in [-0.15, -0.1) is 0 Å². The molecule has 2 aromatic rings. The van der Waals surface area contributed by atoms with Gasteiger partial charge in [0.05, 0.1) is 13.7 Å². The average Bonchev–Trinajstić information content (AvgIpc) is 3.43. The molecular weight excluding hydrogens is 376 g/mol. The molecule has 0 bridgehead atoms. The van der Waals surface area contributed by atoms with E-state index >= 15 is 0 Å². The molecule has 2 amide bonds. The fraction of sp³-hybridized carbons (Fsp3) is 0.333. The van der Waals surface area contributed by atoms with E-state index < -0.39 is 5.41 Å². The van der Waals surface area contributed by atoms with Gasteiger partial charge in [-0.25, -0.2) is 0 Å². The Balaban J connectivity index is 1.26. The topological polar surface area (TPSA) is 95.1 Å². The Morgan fingerprint density at radius 1 is 1.00 bits per heavy atom. The fourth-order valence-electron chi connectivity index (χ4n) is 3.08. The largest absolute Gasteiger partial charge is 0.497 e. The van der Waals surface area contributed by atoms with Crippen molar-refractivity contribution >= 4 is 17.5 Å². The van der Waals surface area contributed by atoms with Gasteiger partial charge >= 0.3 is 0 Å². The van der Waals surface area contributed by atoms with E-state index in [1.54, 1.807) is 49.6 Å². The molecule has 1 fully saturated rings. The molecule has 1 aliphatic carbocycles. The number of hydrogen-bond acceptors (Lipinski definition) is 6. The van der Waals surface area contributed by atoms with Crippen LogP contribution in [0.3, 0.4) is 0 Å². The monoisotopic (exact) mass is 398 g/mol. The van der Waals surface area contributed by atoms with E-state index in [2.05, 4.69) is 10.6 Å². The number of carbonyl (C=O) groups is 2. The van der Waals surface area contributed by atoms with Crippen molar-refractivity contribution < 1.29 is 28.5 Å². The van der Waals surface area contributed by atoms with Gasteiger partial charge in [-0.1, -0.05) is 0 Å². The molecular formula is C21H22N2O6. The van der Waals surface area contributed by atoms with Gasteiger partial charge in [0.25, 0.3) is 0 Å². The summed E-state index contributed by atoms with van der Waals surface area (Å²) in [6.45, 7) is 0.777. The summed E-state index contributed by atoms with van der Waals surface area (Å²) in [6.07, 6.45) is 1.04. The molecule has 2 aliphatic rings. The van der Waals surface area contributed by atoms with Crippen LogP contribution in [0.25, 0.3) is 0 Å². The van der Waals surface area contributed by atoms with Crippen molar-refractivity contribution in [2.45, 2.75) is 12.8 Å². The lowest BCUT2D eigenvalue weighted by Crippen LogP contribution is -2.41. The third kappa shape index (κ3) is 4.06. The summed E-state index contributed by atoms with van der Waals surface area (Å²) in [5, 5.41) is 5.60. The SMILES string of the molecule is COc1ccc(OCCNC(=O)C2(C(=O)Nc3ccc4c(c3)OCO4)CC2)cc1. The van der Waals surface area contributed by atoms with Gasteiger partial charge in [-0.3, -0.25) is 9.59 Å². The number of carbonyl (C=O) groups excluding carboxylic acids is 2. The highest BCUT2D eigenvalue weighted by Crippen LogP contribution is 2.47. The number of ether oxygens (including phenoxy) is 4. The number of benzene rings is 2. The maximum Gasteiger partial charge on any atom is 0.240 e. The van der Waals surface area contributed by atoms with Gasteiger partial charge in [0.2, 0.25) is 18.6 Å². The molecule has 4 rings (SSSR count). The average molecular weight is 398 g/mol. The molecule has 8 nitrogen and oxygen atoms in total. The molecule has 152 valence electrons. The van der Waals surface area contributed by atoms with Crippen molar-refractivity contribution in [3.8, 4) is 23.0 Å². The van der Waals surface area contributed by atoms with E-state index in [0.717, 1.165) is 5.75 Å². The first-order valence-corrected chi connectivity index (χ1v) is 9.37. The summed E-state index contributed by atoms with van der Waals surface area (Å²) in [5.74, 6) is 2.04. The molecule has 1 heterocycles. The van der Waals surface area contributed by atoms with Gasteiger partial charge in [0, 0.05) is 11.8 Å². The molecule has 0 atom stereocenters. The fourth-order valence-corrected chi connectivity index (χ4v) is 3.08. The van der Waals surface area contributed by atoms with Crippen LogP contribution in [0, 0.1) is 5.41 Å². The summed E-state index contributed by atoms with van der Waals surface area (Å²) in [6, 6.07) is 12.3. The summed E-state index contributed by atoms with van der Waals surface area (Å²) < 4.78 is 21.3. The summed E-state index contributed by atoms with van der Waals surface area (Å²) in [7, 11) is 1.60. The minimum atomic E-state index is -1.02. The smallest absolute Gasteiger partial charge is 0.240 e. The lowest BCUT2D eigenvalue weighted by atomic mass is 10.1. The number of methoxy groups -OCH3 is 1. The van der Waals surface area contributed by atoms with Crippen molar-refractivity contribution in [2.24, 2.45) is 5.41 Å². The molecule has 8 heteroatoms. The second kappa shape index (κ2) is 7.90. The number of amides is 2. The predicted octanol–water partition coefficient (Wildman–Crippen LogP) is 2.34. The third-order valence-electron chi connectivity index (χ3n) is 4.97. The Bertz CT molecular complexity index is 908. The highest BCUT2D eigenvalue weighted by atomic mass is 16.7. The first-order chi connectivity index (χ1) is 14.1. The second-order valence-corrected chi connectivity index (χ2v) is 6.88. The Hall–Kier alpha value is -3.42. The van der Waals surface area contributed by atoms with Crippen LogP contribution in [-0.4, -0.2) is 38.9 Å². The van der Waals surface area contributed by atoms with Gasteiger partial charge in [-0.05, 0) is 49.2 Å². The van der Waals surface area contributed by atoms with Crippen LogP contribution >= 0.6 is 0 Å². The molecule has 2 aromatic carbocycles. The Morgan fingerprint density at radius 3 is 2.45 bits per heavy atom. The van der Waals surface area contributed by atoms with E-state index in [1.165, 1.54) is 0 Å². The van der Waals surface area contributed by atoms with E-state index in [0.29, 0.717) is 48.9 Å². The van der Waals surface area contributed by atoms with Crippen LogP contribution in [0.4, 0.5) is 5.69 Å². The van der Waals surface area contributed by atoms with Crippen molar-refractivity contribution in [2.75, 3.05) is 32.4 Å². The van der Waals surface area contributed by atoms with Gasteiger partial charge in [0.15, 0.2) is 11.5 Å². The van der Waals surface area contributed by atoms with Crippen LogP contribution in [0.2, 0.25) is 0 Å². The van der Waals surface area contributed by atoms with Crippen LogP contribution in [0.1, 0.15) is 12.8 Å². The molecule has 1 aliphatic heterocycles. The van der Waals surface area contributed by atoms with Gasteiger partial charge < -0.3 is 29.6 Å². The van der Waals surface area contributed by atoms with Crippen molar-refractivity contribution in [1.29, 1.82) is 0 Å². The normalized spacial score (nSPS) is 15.3. The lowest BCUT2D eigenvalue weighted by Gasteiger charge is -2.16.